The van der Waals surface area contributed by atoms with E-state index in [0.717, 1.165) is 4.90 Å². The van der Waals surface area contributed by atoms with E-state index in [2.05, 4.69) is 4.98 Å². The maximum atomic E-state index is 13.1. The average molecular weight is 250 g/mol. The van der Waals surface area contributed by atoms with E-state index in [1.165, 1.54) is 12.1 Å². The standard InChI is InChI=1S/C12H11FN2OS/c13-8-1-2-10-9(5-8)12(16)11(17-10)6-15-4-3-14-7-15/h1-5,7,11-12,16H,6H2/t11-,12-/m0/s1. The molecule has 17 heavy (non-hydrogen) atoms. The third kappa shape index (κ3) is 1.96. The Hall–Kier alpha value is -1.33. The number of hydrogen-bond acceptors (Lipinski definition) is 3. The number of fused-ring (bicyclic) bond motifs is 1. The lowest BCUT2D eigenvalue weighted by atomic mass is 10.1. The zero-order valence-electron chi connectivity index (χ0n) is 8.95. The smallest absolute Gasteiger partial charge is 0.123 e. The number of halogens is 1. The summed E-state index contributed by atoms with van der Waals surface area (Å²) in [5.41, 5.74) is 0.695. The first-order chi connectivity index (χ1) is 8.24. The van der Waals surface area contributed by atoms with Crippen molar-refractivity contribution in [2.24, 2.45) is 0 Å². The highest BCUT2D eigenvalue weighted by Crippen LogP contribution is 2.44. The first kappa shape index (κ1) is 10.8. The van der Waals surface area contributed by atoms with E-state index in [1.807, 2.05) is 10.8 Å². The number of aliphatic hydroxyl groups excluding tert-OH is 1. The molecule has 1 aliphatic rings. The number of imidazole rings is 1. The molecule has 1 aromatic carbocycles. The number of rotatable bonds is 2. The number of nitrogens with zero attached hydrogens (tertiary/aromatic N) is 2. The Morgan fingerprint density at radius 3 is 3.12 bits per heavy atom. The first-order valence-corrected chi connectivity index (χ1v) is 6.22. The molecule has 1 N–H and O–H groups in total. The SMILES string of the molecule is O[C@H]1c2cc(F)ccc2S[C@H]1Cn1ccnc1. The van der Waals surface area contributed by atoms with Crippen molar-refractivity contribution in [3.05, 3.63) is 48.3 Å². The normalized spacial score (nSPS) is 22.7. The van der Waals surface area contributed by atoms with Gasteiger partial charge in [-0.15, -0.1) is 11.8 Å². The molecule has 0 radical (unpaired) electrons. The zero-order valence-corrected chi connectivity index (χ0v) is 9.77. The van der Waals surface area contributed by atoms with Gasteiger partial charge in [0.25, 0.3) is 0 Å². The van der Waals surface area contributed by atoms with Crippen LogP contribution in [0.1, 0.15) is 11.7 Å². The van der Waals surface area contributed by atoms with Crippen LogP contribution in [-0.4, -0.2) is 19.9 Å². The Morgan fingerprint density at radius 1 is 1.47 bits per heavy atom. The van der Waals surface area contributed by atoms with Crippen molar-refractivity contribution in [2.45, 2.75) is 22.8 Å². The predicted molar refractivity (Wildman–Crippen MR) is 63.2 cm³/mol. The Kier molecular flexibility index (Phi) is 2.64. The minimum Gasteiger partial charge on any atom is -0.387 e. The predicted octanol–water partition coefficient (Wildman–Crippen LogP) is 2.23. The van der Waals surface area contributed by atoms with E-state index in [9.17, 15) is 9.50 Å². The molecule has 3 nitrogen and oxygen atoms in total. The molecule has 0 aliphatic carbocycles. The number of aromatic nitrogens is 2. The lowest BCUT2D eigenvalue weighted by Crippen LogP contribution is -2.16. The van der Waals surface area contributed by atoms with Crippen molar-refractivity contribution in [1.82, 2.24) is 9.55 Å². The molecule has 2 heterocycles. The van der Waals surface area contributed by atoms with Gasteiger partial charge in [-0.25, -0.2) is 9.37 Å². The van der Waals surface area contributed by atoms with Gasteiger partial charge in [0.05, 0.1) is 17.7 Å². The van der Waals surface area contributed by atoms with Crippen molar-refractivity contribution < 1.29 is 9.50 Å². The van der Waals surface area contributed by atoms with Gasteiger partial charge in [-0.2, -0.15) is 0 Å². The van der Waals surface area contributed by atoms with Crippen LogP contribution in [-0.2, 0) is 6.54 Å². The van der Waals surface area contributed by atoms with E-state index >= 15 is 0 Å². The van der Waals surface area contributed by atoms with E-state index in [1.54, 1.807) is 30.4 Å². The van der Waals surface area contributed by atoms with Crippen molar-refractivity contribution >= 4 is 11.8 Å². The number of benzene rings is 1. The third-order valence-electron chi connectivity index (χ3n) is 2.87. The lowest BCUT2D eigenvalue weighted by Gasteiger charge is -2.14. The molecule has 0 bridgehead atoms. The molecule has 0 saturated carbocycles. The van der Waals surface area contributed by atoms with Gasteiger partial charge in [0.15, 0.2) is 0 Å². The van der Waals surface area contributed by atoms with Crippen LogP contribution < -0.4 is 0 Å². The summed E-state index contributed by atoms with van der Waals surface area (Å²) in [6, 6.07) is 4.57. The van der Waals surface area contributed by atoms with Gasteiger partial charge in [0, 0.05) is 23.8 Å². The van der Waals surface area contributed by atoms with Crippen molar-refractivity contribution in [2.75, 3.05) is 0 Å². The average Bonchev–Trinajstić information content (AvgIpc) is 2.91. The molecular formula is C12H11FN2OS. The van der Waals surface area contributed by atoms with E-state index in [4.69, 9.17) is 0 Å². The molecule has 5 heteroatoms. The molecule has 0 amide bonds. The second kappa shape index (κ2) is 4.16. The Balaban J connectivity index is 1.84. The van der Waals surface area contributed by atoms with E-state index in [0.29, 0.717) is 12.1 Å². The Bertz CT molecular complexity index is 529. The maximum absolute atomic E-state index is 13.1. The minimum absolute atomic E-state index is 0.0148. The second-order valence-electron chi connectivity index (χ2n) is 4.04. The second-order valence-corrected chi connectivity index (χ2v) is 5.32. The Morgan fingerprint density at radius 2 is 2.35 bits per heavy atom. The molecule has 0 unspecified atom stereocenters. The van der Waals surface area contributed by atoms with Gasteiger partial charge < -0.3 is 9.67 Å². The van der Waals surface area contributed by atoms with Gasteiger partial charge in [-0.05, 0) is 23.8 Å². The van der Waals surface area contributed by atoms with Crippen molar-refractivity contribution in [1.29, 1.82) is 0 Å². The largest absolute Gasteiger partial charge is 0.387 e. The summed E-state index contributed by atoms with van der Waals surface area (Å²) >= 11 is 1.59. The molecule has 0 saturated heterocycles. The lowest BCUT2D eigenvalue weighted by molar-refractivity contribution is 0.169. The molecule has 0 fully saturated rings. The maximum Gasteiger partial charge on any atom is 0.123 e. The summed E-state index contributed by atoms with van der Waals surface area (Å²) in [6.07, 6.45) is 4.67. The van der Waals surface area contributed by atoms with Crippen LogP contribution in [0, 0.1) is 5.82 Å². The summed E-state index contributed by atoms with van der Waals surface area (Å²) in [6.45, 7) is 0.669. The van der Waals surface area contributed by atoms with Crippen LogP contribution >= 0.6 is 11.8 Å². The molecule has 1 aliphatic heterocycles. The molecule has 3 rings (SSSR count). The summed E-state index contributed by atoms with van der Waals surface area (Å²) in [4.78, 5) is 4.93. The molecule has 1 aromatic heterocycles. The number of aliphatic hydroxyl groups is 1. The topological polar surface area (TPSA) is 38.0 Å². The molecular weight excluding hydrogens is 239 g/mol. The summed E-state index contributed by atoms with van der Waals surface area (Å²) in [7, 11) is 0. The molecule has 88 valence electrons. The van der Waals surface area contributed by atoms with Crippen LogP contribution in [0.3, 0.4) is 0 Å². The van der Waals surface area contributed by atoms with Crippen LogP contribution in [0.2, 0.25) is 0 Å². The quantitative estimate of drug-likeness (QED) is 0.888. The highest BCUT2D eigenvalue weighted by molar-refractivity contribution is 8.00. The molecule has 2 aromatic rings. The van der Waals surface area contributed by atoms with Crippen LogP contribution in [0.5, 0.6) is 0 Å². The van der Waals surface area contributed by atoms with Crippen molar-refractivity contribution in [3.63, 3.8) is 0 Å². The first-order valence-electron chi connectivity index (χ1n) is 5.34. The van der Waals surface area contributed by atoms with Gasteiger partial charge in [0.1, 0.15) is 5.82 Å². The highest BCUT2D eigenvalue weighted by Gasteiger charge is 2.32. The Labute approximate surface area is 102 Å². The summed E-state index contributed by atoms with van der Waals surface area (Å²) < 4.78 is 15.0. The fraction of sp³-hybridized carbons (Fsp3) is 0.250. The third-order valence-corrected chi connectivity index (χ3v) is 4.21. The molecule has 2 atom stereocenters. The fourth-order valence-corrected chi connectivity index (χ4v) is 3.34. The van der Waals surface area contributed by atoms with Crippen LogP contribution in [0.15, 0.2) is 41.8 Å². The number of thioether (sulfide) groups is 1. The van der Waals surface area contributed by atoms with Crippen LogP contribution in [0.4, 0.5) is 4.39 Å². The minimum atomic E-state index is -0.618. The summed E-state index contributed by atoms with van der Waals surface area (Å²) in [5, 5.41) is 10.2. The molecule has 0 spiro atoms. The van der Waals surface area contributed by atoms with Crippen molar-refractivity contribution in [3.8, 4) is 0 Å². The van der Waals surface area contributed by atoms with Crippen LogP contribution in [0.25, 0.3) is 0 Å². The zero-order chi connectivity index (χ0) is 11.8. The summed E-state index contributed by atoms with van der Waals surface area (Å²) in [5.74, 6) is -0.299. The van der Waals surface area contributed by atoms with Gasteiger partial charge in [-0.1, -0.05) is 0 Å². The van der Waals surface area contributed by atoms with Gasteiger partial charge >= 0.3 is 0 Å². The van der Waals surface area contributed by atoms with Gasteiger partial charge in [0.2, 0.25) is 0 Å². The van der Waals surface area contributed by atoms with Gasteiger partial charge in [-0.3, -0.25) is 0 Å². The van der Waals surface area contributed by atoms with E-state index in [-0.39, 0.29) is 11.1 Å². The highest BCUT2D eigenvalue weighted by atomic mass is 32.2. The monoisotopic (exact) mass is 250 g/mol. The van der Waals surface area contributed by atoms with E-state index < -0.39 is 6.10 Å². The number of hydrogen-bond donors (Lipinski definition) is 1. The fourth-order valence-electron chi connectivity index (χ4n) is 2.03.